The van der Waals surface area contributed by atoms with E-state index in [-0.39, 0.29) is 31.2 Å². The fourth-order valence-electron chi connectivity index (χ4n) is 7.35. The van der Waals surface area contributed by atoms with Gasteiger partial charge in [-0.15, -0.1) is 0 Å². The number of esters is 2. The topological polar surface area (TPSA) is 128 Å². The Labute approximate surface area is 192 Å². The second-order valence-corrected chi connectivity index (χ2v) is 10.2. The van der Waals surface area contributed by atoms with Crippen LogP contribution >= 0.6 is 0 Å². The van der Waals surface area contributed by atoms with Gasteiger partial charge in [-0.2, -0.15) is 0 Å². The number of rotatable bonds is 4. The molecule has 2 saturated heterocycles. The first-order valence-electron chi connectivity index (χ1n) is 11.7. The van der Waals surface area contributed by atoms with E-state index in [4.69, 9.17) is 23.4 Å². The number of epoxide rings is 1. The minimum absolute atomic E-state index is 0.0699. The number of aliphatic hydroxyl groups excluding tert-OH is 2. The van der Waals surface area contributed by atoms with Crippen LogP contribution in [-0.2, 0) is 28.5 Å². The van der Waals surface area contributed by atoms with Crippen molar-refractivity contribution in [2.75, 3.05) is 13.2 Å². The van der Waals surface area contributed by atoms with Crippen LogP contribution in [-0.4, -0.2) is 59.5 Å². The Bertz CT molecular complexity index is 909. The van der Waals surface area contributed by atoms with Crippen LogP contribution in [0.2, 0.25) is 0 Å². The molecule has 4 fully saturated rings. The van der Waals surface area contributed by atoms with E-state index in [1.54, 1.807) is 12.5 Å². The Morgan fingerprint density at radius 2 is 1.97 bits per heavy atom. The van der Waals surface area contributed by atoms with Crippen LogP contribution < -0.4 is 0 Å². The molecule has 182 valence electrons. The number of hydrogen-bond donors (Lipinski definition) is 2. The van der Waals surface area contributed by atoms with Crippen molar-refractivity contribution in [2.45, 2.75) is 76.7 Å². The summed E-state index contributed by atoms with van der Waals surface area (Å²) in [5, 5.41) is 22.5. The third kappa shape index (κ3) is 3.12. The van der Waals surface area contributed by atoms with Crippen LogP contribution in [0.5, 0.6) is 0 Å². The molecule has 9 atom stereocenters. The highest BCUT2D eigenvalue weighted by atomic mass is 16.6. The van der Waals surface area contributed by atoms with Gasteiger partial charge in [0.1, 0.15) is 18.3 Å². The van der Waals surface area contributed by atoms with E-state index in [9.17, 15) is 19.8 Å². The van der Waals surface area contributed by atoms with E-state index in [0.717, 1.165) is 5.56 Å². The molecule has 3 heterocycles. The summed E-state index contributed by atoms with van der Waals surface area (Å²) in [6.45, 7) is 4.93. The molecule has 4 aliphatic rings. The van der Waals surface area contributed by atoms with Gasteiger partial charge in [-0.1, -0.05) is 6.92 Å². The molecule has 2 aliphatic carbocycles. The summed E-state index contributed by atoms with van der Waals surface area (Å²) in [4.78, 5) is 24.1. The number of fused-ring (bicyclic) bond motifs is 3. The highest BCUT2D eigenvalue weighted by Gasteiger charge is 2.80. The van der Waals surface area contributed by atoms with Crippen LogP contribution in [0, 0.1) is 22.7 Å². The molecule has 5 rings (SSSR count). The van der Waals surface area contributed by atoms with Crippen LogP contribution in [0.25, 0.3) is 0 Å². The Morgan fingerprint density at radius 3 is 2.58 bits per heavy atom. The van der Waals surface area contributed by atoms with Crippen molar-refractivity contribution >= 4 is 11.9 Å². The summed E-state index contributed by atoms with van der Waals surface area (Å²) < 4.78 is 28.8. The van der Waals surface area contributed by atoms with Crippen LogP contribution in [0.4, 0.5) is 0 Å². The van der Waals surface area contributed by atoms with Gasteiger partial charge in [-0.3, -0.25) is 9.59 Å². The number of carbonyl (C=O) groups excluding carboxylic acids is 2. The third-order valence-electron chi connectivity index (χ3n) is 8.87. The SMILES string of the molecule is CC(=O)OC[C@@]12[C@@H](OC(C)=O)C[C@@H](C)[C@]3(C[C@@H](c4ccoc4)O[C@H]3O)[C@H]1CC[C@H](O)[C@]21CO1. The molecule has 2 aliphatic heterocycles. The summed E-state index contributed by atoms with van der Waals surface area (Å²) >= 11 is 0. The Morgan fingerprint density at radius 1 is 1.21 bits per heavy atom. The fraction of sp³-hybridized carbons (Fsp3) is 0.750. The maximum absolute atomic E-state index is 12.2. The van der Waals surface area contributed by atoms with Gasteiger partial charge in [0.2, 0.25) is 0 Å². The summed E-state index contributed by atoms with van der Waals surface area (Å²) in [5.41, 5.74) is -1.88. The maximum atomic E-state index is 12.2. The van der Waals surface area contributed by atoms with Crippen molar-refractivity contribution in [3.8, 4) is 0 Å². The monoisotopic (exact) mass is 464 g/mol. The van der Waals surface area contributed by atoms with Crippen molar-refractivity contribution in [3.63, 3.8) is 0 Å². The zero-order chi connectivity index (χ0) is 23.6. The van der Waals surface area contributed by atoms with Gasteiger partial charge in [0, 0.05) is 24.8 Å². The number of hydrogen-bond acceptors (Lipinski definition) is 9. The zero-order valence-electron chi connectivity index (χ0n) is 19.2. The maximum Gasteiger partial charge on any atom is 0.302 e. The quantitative estimate of drug-likeness (QED) is 0.508. The number of furan rings is 1. The van der Waals surface area contributed by atoms with Crippen molar-refractivity contribution in [3.05, 3.63) is 24.2 Å². The van der Waals surface area contributed by atoms with Gasteiger partial charge < -0.3 is 33.6 Å². The average molecular weight is 465 g/mol. The highest BCUT2D eigenvalue weighted by Crippen LogP contribution is 2.72. The Kier molecular flexibility index (Phi) is 5.39. The summed E-state index contributed by atoms with van der Waals surface area (Å²) in [6.07, 6.45) is 2.28. The molecule has 2 saturated carbocycles. The van der Waals surface area contributed by atoms with Crippen molar-refractivity contribution < 1.29 is 43.2 Å². The largest absolute Gasteiger partial charge is 0.472 e. The smallest absolute Gasteiger partial charge is 0.302 e. The minimum Gasteiger partial charge on any atom is -0.472 e. The molecule has 1 aromatic rings. The number of ether oxygens (including phenoxy) is 4. The minimum atomic E-state index is -1.08. The van der Waals surface area contributed by atoms with Crippen molar-refractivity contribution in [1.29, 1.82) is 0 Å². The first-order valence-corrected chi connectivity index (χ1v) is 11.7. The lowest BCUT2D eigenvalue weighted by atomic mass is 9.42. The van der Waals surface area contributed by atoms with Crippen LogP contribution in [0.1, 0.15) is 58.1 Å². The van der Waals surface area contributed by atoms with E-state index < -0.39 is 46.9 Å². The molecule has 0 unspecified atom stereocenters. The molecule has 2 N–H and O–H groups in total. The van der Waals surface area contributed by atoms with Gasteiger partial charge >= 0.3 is 11.9 Å². The van der Waals surface area contributed by atoms with Crippen LogP contribution in [0.15, 0.2) is 23.0 Å². The summed E-state index contributed by atoms with van der Waals surface area (Å²) in [5.74, 6) is -1.27. The molecule has 1 aromatic heterocycles. The van der Waals surface area contributed by atoms with Crippen molar-refractivity contribution in [2.24, 2.45) is 22.7 Å². The van der Waals surface area contributed by atoms with E-state index in [1.807, 2.05) is 13.0 Å². The molecule has 0 amide bonds. The lowest BCUT2D eigenvalue weighted by molar-refractivity contribution is -0.276. The van der Waals surface area contributed by atoms with E-state index in [2.05, 4.69) is 0 Å². The fourth-order valence-corrected chi connectivity index (χ4v) is 7.35. The number of carbonyl (C=O) groups is 2. The normalized spacial score (nSPS) is 46.2. The molecule has 0 bridgehead atoms. The molecular formula is C24H32O9. The molecular weight excluding hydrogens is 432 g/mol. The Hall–Kier alpha value is -1.94. The molecule has 0 aromatic carbocycles. The molecule has 0 radical (unpaired) electrons. The summed E-state index contributed by atoms with van der Waals surface area (Å²) in [6, 6.07) is 1.83. The van der Waals surface area contributed by atoms with Crippen LogP contribution in [0.3, 0.4) is 0 Å². The van der Waals surface area contributed by atoms with E-state index >= 15 is 0 Å². The van der Waals surface area contributed by atoms with Gasteiger partial charge in [-0.25, -0.2) is 0 Å². The first kappa shape index (κ1) is 22.8. The predicted octanol–water partition coefficient (Wildman–Crippen LogP) is 2.11. The third-order valence-corrected chi connectivity index (χ3v) is 8.87. The molecule has 9 nitrogen and oxygen atoms in total. The van der Waals surface area contributed by atoms with Gasteiger partial charge in [0.05, 0.1) is 36.8 Å². The lowest BCUT2D eigenvalue weighted by Gasteiger charge is -2.63. The molecule has 2 spiro atoms. The van der Waals surface area contributed by atoms with Gasteiger partial charge in [-0.05, 0) is 43.6 Å². The first-order chi connectivity index (χ1) is 15.7. The van der Waals surface area contributed by atoms with E-state index in [0.29, 0.717) is 25.7 Å². The van der Waals surface area contributed by atoms with Gasteiger partial charge in [0.25, 0.3) is 0 Å². The van der Waals surface area contributed by atoms with Gasteiger partial charge in [0.15, 0.2) is 6.29 Å². The lowest BCUT2D eigenvalue weighted by Crippen LogP contribution is -2.71. The highest BCUT2D eigenvalue weighted by molar-refractivity contribution is 5.67. The molecule has 9 heteroatoms. The number of aliphatic hydroxyl groups is 2. The average Bonchev–Trinajstić information content (AvgIpc) is 3.21. The van der Waals surface area contributed by atoms with E-state index in [1.165, 1.54) is 13.8 Å². The molecule has 33 heavy (non-hydrogen) atoms. The second-order valence-electron chi connectivity index (χ2n) is 10.2. The van der Waals surface area contributed by atoms with Crippen molar-refractivity contribution in [1.82, 2.24) is 0 Å². The standard InChI is InChI=1S/C24H32O9/c1-13-8-20(32-15(3)26)23(11-30-14(2)25)18(4-5-19(27)24(23)12-31-24)22(13)9-17(33-21(22)28)16-6-7-29-10-16/h6-7,10,13,17-21,27-28H,4-5,8-9,11-12H2,1-3H3/t13-,17+,18-,19+,20+,21-,22-,23+,24-/m1/s1. The summed E-state index contributed by atoms with van der Waals surface area (Å²) in [7, 11) is 0. The zero-order valence-corrected chi connectivity index (χ0v) is 19.2. The Balaban J connectivity index is 1.64. The predicted molar refractivity (Wildman–Crippen MR) is 111 cm³/mol. The second kappa shape index (κ2) is 7.80.